The van der Waals surface area contributed by atoms with Crippen molar-refractivity contribution in [3.8, 4) is 0 Å². The molecule has 1 rings (SSSR count). The largest absolute Gasteiger partial charge is 0.294 e. The molecule has 0 aliphatic carbocycles. The van der Waals surface area contributed by atoms with Gasteiger partial charge in [-0.2, -0.15) is 0 Å². The second kappa shape index (κ2) is 3.84. The summed E-state index contributed by atoms with van der Waals surface area (Å²) < 4.78 is 0. The molecule has 2 nitrogen and oxygen atoms in total. The molecule has 0 aromatic heterocycles. The van der Waals surface area contributed by atoms with Crippen molar-refractivity contribution in [3.05, 3.63) is 33.8 Å². The Morgan fingerprint density at radius 1 is 1.23 bits per heavy atom. The lowest BCUT2D eigenvalue weighted by molar-refractivity contribution is -0.0234. The van der Waals surface area contributed by atoms with E-state index >= 15 is 0 Å². The minimum Gasteiger partial charge on any atom is -0.294 e. The highest BCUT2D eigenvalue weighted by atomic mass is 35.5. The molecule has 1 aromatic carbocycles. The van der Waals surface area contributed by atoms with Crippen molar-refractivity contribution in [2.24, 2.45) is 5.90 Å². The second-order valence-electron chi connectivity index (χ2n) is 3.22. The van der Waals surface area contributed by atoms with Crippen LogP contribution in [0.2, 0.25) is 10.0 Å². The van der Waals surface area contributed by atoms with Gasteiger partial charge >= 0.3 is 0 Å². The van der Waals surface area contributed by atoms with E-state index in [1.165, 1.54) is 0 Å². The molecule has 13 heavy (non-hydrogen) atoms. The Morgan fingerprint density at radius 2 is 1.69 bits per heavy atom. The quantitative estimate of drug-likeness (QED) is 0.777. The van der Waals surface area contributed by atoms with Gasteiger partial charge in [-0.15, -0.1) is 0 Å². The maximum atomic E-state index is 5.97. The van der Waals surface area contributed by atoms with E-state index in [1.807, 2.05) is 0 Å². The van der Waals surface area contributed by atoms with Gasteiger partial charge in [-0.1, -0.05) is 29.3 Å². The van der Waals surface area contributed by atoms with E-state index in [9.17, 15) is 0 Å². The molecule has 0 aliphatic heterocycles. The topological polar surface area (TPSA) is 35.2 Å². The van der Waals surface area contributed by atoms with Crippen molar-refractivity contribution in [2.45, 2.75) is 19.4 Å². The highest BCUT2D eigenvalue weighted by molar-refractivity contribution is 6.36. The second-order valence-corrected chi connectivity index (χ2v) is 4.04. The average Bonchev–Trinajstić information content (AvgIpc) is 2.03. The summed E-state index contributed by atoms with van der Waals surface area (Å²) in [7, 11) is 0. The van der Waals surface area contributed by atoms with Crippen molar-refractivity contribution in [2.75, 3.05) is 0 Å². The Hall–Kier alpha value is -0.280. The Kier molecular flexibility index (Phi) is 3.19. The lowest BCUT2D eigenvalue weighted by atomic mass is 9.98. The minimum absolute atomic E-state index is 0.558. The highest BCUT2D eigenvalue weighted by Gasteiger charge is 2.26. The van der Waals surface area contributed by atoms with Crippen LogP contribution in [0.5, 0.6) is 0 Å². The Morgan fingerprint density at radius 3 is 2.08 bits per heavy atom. The van der Waals surface area contributed by atoms with Crippen LogP contribution in [-0.2, 0) is 10.4 Å². The Balaban J connectivity index is 3.28. The van der Waals surface area contributed by atoms with Crippen molar-refractivity contribution in [3.63, 3.8) is 0 Å². The summed E-state index contributed by atoms with van der Waals surface area (Å²) in [5.41, 5.74) is 0.0379. The molecule has 0 saturated carbocycles. The number of hydrogen-bond acceptors (Lipinski definition) is 2. The molecule has 0 bridgehead atoms. The van der Waals surface area contributed by atoms with E-state index in [-0.39, 0.29) is 0 Å². The number of halogens is 2. The summed E-state index contributed by atoms with van der Waals surface area (Å²) in [6.45, 7) is 3.61. The zero-order valence-corrected chi connectivity index (χ0v) is 8.99. The molecule has 0 spiro atoms. The molecule has 0 fully saturated rings. The van der Waals surface area contributed by atoms with Crippen molar-refractivity contribution in [1.29, 1.82) is 0 Å². The first-order chi connectivity index (χ1) is 5.99. The van der Waals surface area contributed by atoms with E-state index < -0.39 is 5.60 Å². The molecular formula is C9H11Cl2NO. The van der Waals surface area contributed by atoms with E-state index in [4.69, 9.17) is 33.9 Å². The lowest BCUT2D eigenvalue weighted by Crippen LogP contribution is -2.26. The smallest absolute Gasteiger partial charge is 0.111 e. The molecule has 0 saturated heterocycles. The van der Waals surface area contributed by atoms with Crippen LogP contribution < -0.4 is 5.90 Å². The Labute approximate surface area is 87.5 Å². The molecule has 1 aromatic rings. The Bertz CT molecular complexity index is 292. The van der Waals surface area contributed by atoms with Crippen LogP contribution in [0.1, 0.15) is 19.4 Å². The molecular weight excluding hydrogens is 209 g/mol. The predicted molar refractivity (Wildman–Crippen MR) is 54.8 cm³/mol. The van der Waals surface area contributed by atoms with Gasteiger partial charge in [-0.3, -0.25) is 4.84 Å². The fraction of sp³-hybridized carbons (Fsp3) is 0.333. The maximum Gasteiger partial charge on any atom is 0.111 e. The van der Waals surface area contributed by atoms with Crippen LogP contribution in [-0.4, -0.2) is 0 Å². The third-order valence-electron chi connectivity index (χ3n) is 1.86. The van der Waals surface area contributed by atoms with E-state index in [2.05, 4.69) is 0 Å². The van der Waals surface area contributed by atoms with Crippen LogP contribution in [0, 0.1) is 0 Å². The summed E-state index contributed by atoms with van der Waals surface area (Å²) in [5.74, 6) is 5.16. The molecule has 0 amide bonds. The van der Waals surface area contributed by atoms with Gasteiger partial charge in [0.25, 0.3) is 0 Å². The van der Waals surface area contributed by atoms with Gasteiger partial charge in [-0.05, 0) is 26.0 Å². The van der Waals surface area contributed by atoms with Crippen LogP contribution >= 0.6 is 23.2 Å². The summed E-state index contributed by atoms with van der Waals surface area (Å²) in [4.78, 5) is 4.82. The van der Waals surface area contributed by atoms with E-state index in [0.717, 1.165) is 0 Å². The molecule has 2 N–H and O–H groups in total. The highest BCUT2D eigenvalue weighted by Crippen LogP contribution is 2.35. The van der Waals surface area contributed by atoms with E-state index in [0.29, 0.717) is 15.6 Å². The lowest BCUT2D eigenvalue weighted by Gasteiger charge is -2.24. The normalized spacial score (nSPS) is 11.8. The summed E-state index contributed by atoms with van der Waals surface area (Å²) in [6.07, 6.45) is 0. The molecule has 0 atom stereocenters. The number of hydrogen-bond donors (Lipinski definition) is 1. The monoisotopic (exact) mass is 219 g/mol. The minimum atomic E-state index is -0.671. The fourth-order valence-corrected chi connectivity index (χ4v) is 1.98. The summed E-state index contributed by atoms with van der Waals surface area (Å²) in [5, 5.41) is 1.12. The molecule has 0 radical (unpaired) electrons. The van der Waals surface area contributed by atoms with Gasteiger partial charge in [0.2, 0.25) is 0 Å². The molecule has 0 aliphatic rings. The fourth-order valence-electron chi connectivity index (χ4n) is 1.13. The first-order valence-corrected chi connectivity index (χ1v) is 4.57. The third-order valence-corrected chi connectivity index (χ3v) is 2.49. The number of rotatable bonds is 2. The predicted octanol–water partition coefficient (Wildman–Crippen LogP) is 3.12. The van der Waals surface area contributed by atoms with Crippen LogP contribution in [0.15, 0.2) is 18.2 Å². The van der Waals surface area contributed by atoms with Gasteiger partial charge in [0.05, 0.1) is 0 Å². The average molecular weight is 220 g/mol. The van der Waals surface area contributed by atoms with Crippen molar-refractivity contribution < 1.29 is 4.84 Å². The van der Waals surface area contributed by atoms with E-state index in [1.54, 1.807) is 32.0 Å². The molecule has 4 heteroatoms. The van der Waals surface area contributed by atoms with Gasteiger partial charge in [0.1, 0.15) is 5.60 Å². The first-order valence-electron chi connectivity index (χ1n) is 3.81. The van der Waals surface area contributed by atoms with Crippen LogP contribution in [0.25, 0.3) is 0 Å². The van der Waals surface area contributed by atoms with Gasteiger partial charge in [-0.25, -0.2) is 5.90 Å². The van der Waals surface area contributed by atoms with Crippen molar-refractivity contribution >= 4 is 23.2 Å². The maximum absolute atomic E-state index is 5.97. The molecule has 0 unspecified atom stereocenters. The molecule has 0 heterocycles. The summed E-state index contributed by atoms with van der Waals surface area (Å²) >= 11 is 11.9. The standard InChI is InChI=1S/C9H11Cl2NO/c1-9(2,13-12)8-6(10)4-3-5-7(8)11/h3-5H,12H2,1-2H3. The summed E-state index contributed by atoms with van der Waals surface area (Å²) in [6, 6.07) is 5.29. The van der Waals surface area contributed by atoms with Gasteiger partial charge < -0.3 is 0 Å². The van der Waals surface area contributed by atoms with Crippen molar-refractivity contribution in [1.82, 2.24) is 0 Å². The van der Waals surface area contributed by atoms with Crippen LogP contribution in [0.3, 0.4) is 0 Å². The molecule has 72 valence electrons. The van der Waals surface area contributed by atoms with Crippen LogP contribution in [0.4, 0.5) is 0 Å². The zero-order valence-electron chi connectivity index (χ0n) is 7.47. The first kappa shape index (κ1) is 10.8. The number of nitrogens with two attached hydrogens (primary N) is 1. The zero-order chi connectivity index (χ0) is 10.1. The van der Waals surface area contributed by atoms with Gasteiger partial charge in [0.15, 0.2) is 0 Å². The van der Waals surface area contributed by atoms with Gasteiger partial charge in [0, 0.05) is 15.6 Å². The third kappa shape index (κ3) is 2.15. The number of benzene rings is 1. The SMILES string of the molecule is CC(C)(ON)c1c(Cl)cccc1Cl.